The number of hydrogen-bond acceptors (Lipinski definition) is 4. The van der Waals surface area contributed by atoms with Gasteiger partial charge in [-0.2, -0.15) is 0 Å². The van der Waals surface area contributed by atoms with E-state index >= 15 is 0 Å². The van der Waals surface area contributed by atoms with Crippen molar-refractivity contribution in [3.8, 4) is 0 Å². The van der Waals surface area contributed by atoms with Gasteiger partial charge in [-0.1, -0.05) is 17.9 Å². The van der Waals surface area contributed by atoms with Crippen LogP contribution in [0.4, 0.5) is 5.00 Å². The van der Waals surface area contributed by atoms with Gasteiger partial charge in [-0.15, -0.1) is 0 Å². The van der Waals surface area contributed by atoms with Gasteiger partial charge in [-0.25, -0.2) is 9.98 Å². The topological polar surface area (TPSA) is 54.4 Å². The maximum absolute atomic E-state index is 11.8. The summed E-state index contributed by atoms with van der Waals surface area (Å²) in [5.74, 6) is -0.0995. The maximum atomic E-state index is 11.8. The van der Waals surface area contributed by atoms with E-state index in [1.807, 2.05) is 13.8 Å². The largest absolute Gasteiger partial charge is 0.347 e. The van der Waals surface area contributed by atoms with Gasteiger partial charge in [0.2, 0.25) is 0 Å². The molecular weight excluding hydrogens is 234 g/mol. The third kappa shape index (κ3) is 2.79. The van der Waals surface area contributed by atoms with Crippen LogP contribution in [0.15, 0.2) is 11.6 Å². The molecule has 1 aliphatic rings. The second kappa shape index (κ2) is 4.79. The molecule has 4 nitrogen and oxygen atoms in total. The molecule has 0 saturated heterocycles. The Labute approximate surface area is 104 Å². The van der Waals surface area contributed by atoms with E-state index in [0.29, 0.717) is 16.7 Å². The van der Waals surface area contributed by atoms with Crippen molar-refractivity contribution < 1.29 is 4.79 Å². The van der Waals surface area contributed by atoms with Crippen molar-refractivity contribution in [1.82, 2.24) is 10.3 Å². The lowest BCUT2D eigenvalue weighted by Gasteiger charge is -1.97. The normalized spacial score (nSPS) is 15.2. The molecule has 0 atom stereocenters. The number of carbonyl (C=O) groups excluding carboxylic acids is 1. The highest BCUT2D eigenvalue weighted by Crippen LogP contribution is 2.32. The van der Waals surface area contributed by atoms with Crippen LogP contribution in [0.5, 0.6) is 0 Å². The van der Waals surface area contributed by atoms with E-state index in [1.165, 1.54) is 11.3 Å². The standard InChI is InChI=1S/C12H15N3OS/c1-4-13-11-9(7(2)3)15-12(17-11)10(16)14-8-5-6-8/h4,8H,2,5-6H2,1,3H3,(H,14,16)/b13-4-. The SMILES string of the molecule is C=C(C)c1nc(C(=O)NC2CC2)sc1/N=C\C. The molecule has 1 amide bonds. The van der Waals surface area contributed by atoms with Gasteiger partial charge in [-0.05, 0) is 32.3 Å². The van der Waals surface area contributed by atoms with Crippen LogP contribution >= 0.6 is 11.3 Å². The van der Waals surface area contributed by atoms with Gasteiger partial charge >= 0.3 is 0 Å². The Morgan fingerprint density at radius 3 is 2.88 bits per heavy atom. The van der Waals surface area contributed by atoms with Crippen molar-refractivity contribution in [2.45, 2.75) is 32.7 Å². The number of aliphatic imine (C=N–C) groups is 1. The fraction of sp³-hybridized carbons (Fsp3) is 0.417. The Bertz CT molecular complexity index is 486. The van der Waals surface area contributed by atoms with Crippen LogP contribution in [0, 0.1) is 0 Å². The Kier molecular flexibility index (Phi) is 3.38. The summed E-state index contributed by atoms with van der Waals surface area (Å²) in [6, 6.07) is 0.345. The first kappa shape index (κ1) is 12.0. The van der Waals surface area contributed by atoms with Gasteiger partial charge in [0.1, 0.15) is 10.7 Å². The first-order chi connectivity index (χ1) is 8.11. The molecule has 1 N–H and O–H groups in total. The molecular formula is C12H15N3OS. The first-order valence-corrected chi connectivity index (χ1v) is 6.39. The van der Waals surface area contributed by atoms with Crippen LogP contribution < -0.4 is 5.32 Å². The van der Waals surface area contributed by atoms with Gasteiger partial charge in [-0.3, -0.25) is 4.79 Å². The van der Waals surface area contributed by atoms with Crippen molar-refractivity contribution in [1.29, 1.82) is 0 Å². The zero-order chi connectivity index (χ0) is 12.4. The number of carbonyl (C=O) groups is 1. The molecule has 1 aromatic heterocycles. The number of nitrogens with zero attached hydrogens (tertiary/aromatic N) is 2. The van der Waals surface area contributed by atoms with E-state index in [4.69, 9.17) is 0 Å². The number of amides is 1. The maximum Gasteiger partial charge on any atom is 0.280 e. The highest BCUT2D eigenvalue weighted by Gasteiger charge is 2.26. The summed E-state index contributed by atoms with van der Waals surface area (Å²) in [5, 5.41) is 4.14. The van der Waals surface area contributed by atoms with Gasteiger partial charge < -0.3 is 5.32 Å². The molecule has 0 unspecified atom stereocenters. The third-order valence-corrected chi connectivity index (χ3v) is 3.33. The highest BCUT2D eigenvalue weighted by molar-refractivity contribution is 7.17. The lowest BCUT2D eigenvalue weighted by molar-refractivity contribution is 0.0950. The number of nitrogens with one attached hydrogen (secondary N) is 1. The van der Waals surface area contributed by atoms with Gasteiger partial charge in [0.15, 0.2) is 5.01 Å². The molecule has 17 heavy (non-hydrogen) atoms. The van der Waals surface area contributed by atoms with E-state index in [1.54, 1.807) is 6.21 Å². The zero-order valence-corrected chi connectivity index (χ0v) is 10.8. The Morgan fingerprint density at radius 2 is 2.35 bits per heavy atom. The molecule has 1 aliphatic carbocycles. The van der Waals surface area contributed by atoms with Crippen molar-refractivity contribution in [3.63, 3.8) is 0 Å². The van der Waals surface area contributed by atoms with Crippen LogP contribution in [0.1, 0.15) is 42.2 Å². The molecule has 0 radical (unpaired) electrons. The van der Waals surface area contributed by atoms with Crippen LogP contribution in [0.3, 0.4) is 0 Å². The average molecular weight is 249 g/mol. The summed E-state index contributed by atoms with van der Waals surface area (Å²) >= 11 is 1.31. The summed E-state index contributed by atoms with van der Waals surface area (Å²) in [6.45, 7) is 7.56. The minimum absolute atomic E-state index is 0.0995. The summed E-state index contributed by atoms with van der Waals surface area (Å²) in [5.41, 5.74) is 1.54. The minimum atomic E-state index is -0.0995. The predicted octanol–water partition coefficient (Wildman–Crippen LogP) is 2.79. The molecule has 0 aromatic carbocycles. The van der Waals surface area contributed by atoms with Gasteiger partial charge in [0.05, 0.1) is 0 Å². The number of thiazole rings is 1. The predicted molar refractivity (Wildman–Crippen MR) is 71.1 cm³/mol. The quantitative estimate of drug-likeness (QED) is 0.834. The smallest absolute Gasteiger partial charge is 0.280 e. The van der Waals surface area contributed by atoms with E-state index in [2.05, 4.69) is 21.9 Å². The number of rotatable bonds is 4. The van der Waals surface area contributed by atoms with E-state index in [0.717, 1.165) is 23.4 Å². The fourth-order valence-electron chi connectivity index (χ4n) is 1.37. The van der Waals surface area contributed by atoms with Crippen LogP contribution in [-0.2, 0) is 0 Å². The summed E-state index contributed by atoms with van der Waals surface area (Å²) in [7, 11) is 0. The molecule has 2 rings (SSSR count). The van der Waals surface area contributed by atoms with Crippen molar-refractivity contribution >= 4 is 34.0 Å². The molecule has 1 heterocycles. The van der Waals surface area contributed by atoms with Gasteiger partial charge in [0, 0.05) is 12.3 Å². The summed E-state index contributed by atoms with van der Waals surface area (Å²) in [4.78, 5) is 20.4. The first-order valence-electron chi connectivity index (χ1n) is 5.58. The van der Waals surface area contributed by atoms with Crippen LogP contribution in [0.2, 0.25) is 0 Å². The second-order valence-electron chi connectivity index (χ2n) is 4.09. The second-order valence-corrected chi connectivity index (χ2v) is 5.07. The number of aromatic nitrogens is 1. The molecule has 1 saturated carbocycles. The number of allylic oxidation sites excluding steroid dienone is 1. The average Bonchev–Trinajstić information content (AvgIpc) is 2.96. The zero-order valence-electron chi connectivity index (χ0n) is 9.99. The molecule has 1 fully saturated rings. The molecule has 1 aromatic rings. The highest BCUT2D eigenvalue weighted by atomic mass is 32.1. The van der Waals surface area contributed by atoms with Crippen molar-refractivity contribution in [2.75, 3.05) is 0 Å². The van der Waals surface area contributed by atoms with Crippen LogP contribution in [0.25, 0.3) is 5.57 Å². The van der Waals surface area contributed by atoms with Crippen molar-refractivity contribution in [3.05, 3.63) is 17.3 Å². The Hall–Kier alpha value is -1.49. The fourth-order valence-corrected chi connectivity index (χ4v) is 2.31. The monoisotopic (exact) mass is 249 g/mol. The van der Waals surface area contributed by atoms with E-state index in [9.17, 15) is 4.79 Å². The van der Waals surface area contributed by atoms with E-state index < -0.39 is 0 Å². The van der Waals surface area contributed by atoms with Crippen LogP contribution in [-0.4, -0.2) is 23.1 Å². The minimum Gasteiger partial charge on any atom is -0.347 e. The van der Waals surface area contributed by atoms with Crippen molar-refractivity contribution in [2.24, 2.45) is 4.99 Å². The molecule has 0 bridgehead atoms. The molecule has 0 aliphatic heterocycles. The number of hydrogen-bond donors (Lipinski definition) is 1. The lowest BCUT2D eigenvalue weighted by Crippen LogP contribution is -2.25. The molecule has 0 spiro atoms. The summed E-state index contributed by atoms with van der Waals surface area (Å²) < 4.78 is 0. The van der Waals surface area contributed by atoms with E-state index in [-0.39, 0.29) is 5.91 Å². The summed E-state index contributed by atoms with van der Waals surface area (Å²) in [6.07, 6.45) is 3.84. The third-order valence-electron chi connectivity index (χ3n) is 2.37. The molecule has 5 heteroatoms. The Morgan fingerprint density at radius 1 is 1.65 bits per heavy atom. The van der Waals surface area contributed by atoms with Gasteiger partial charge in [0.25, 0.3) is 5.91 Å². The molecule has 90 valence electrons. The lowest BCUT2D eigenvalue weighted by atomic mass is 10.2. The Balaban J connectivity index is 2.25.